The molecule has 4 heteroatoms. The van der Waals surface area contributed by atoms with Crippen LogP contribution in [0.15, 0.2) is 24.3 Å². The molecule has 2 atom stereocenters. The van der Waals surface area contributed by atoms with E-state index in [1.807, 2.05) is 36.2 Å². The molecule has 1 saturated heterocycles. The quantitative estimate of drug-likeness (QED) is 0.929. The summed E-state index contributed by atoms with van der Waals surface area (Å²) in [5.74, 6) is 0.524. The van der Waals surface area contributed by atoms with Crippen molar-refractivity contribution in [3.05, 3.63) is 34.9 Å². The number of hydrogen-bond donors (Lipinski definition) is 1. The van der Waals surface area contributed by atoms with Crippen LogP contribution in [0.2, 0.25) is 5.02 Å². The maximum atomic E-state index is 12.8. The zero-order valence-corrected chi connectivity index (χ0v) is 13.5. The molecular weight excluding hydrogens is 284 g/mol. The molecule has 1 spiro atoms. The van der Waals surface area contributed by atoms with E-state index in [-0.39, 0.29) is 12.0 Å². The zero-order valence-electron chi connectivity index (χ0n) is 12.7. The number of carbonyl (C=O) groups excluding carboxylic acids is 1. The Morgan fingerprint density at radius 1 is 1.43 bits per heavy atom. The number of nitrogens with one attached hydrogen (secondary N) is 1. The summed E-state index contributed by atoms with van der Waals surface area (Å²) in [4.78, 5) is 14.6. The molecule has 21 heavy (non-hydrogen) atoms. The summed E-state index contributed by atoms with van der Waals surface area (Å²) in [5, 5.41) is 4.11. The Morgan fingerprint density at radius 2 is 2.14 bits per heavy atom. The van der Waals surface area contributed by atoms with E-state index >= 15 is 0 Å². The normalized spacial score (nSPS) is 24.6. The van der Waals surface area contributed by atoms with Crippen LogP contribution in [0.3, 0.4) is 0 Å². The second kappa shape index (κ2) is 5.62. The number of hydrogen-bond acceptors (Lipinski definition) is 2. The number of halogens is 1. The van der Waals surface area contributed by atoms with Crippen LogP contribution in [-0.2, 0) is 4.79 Å². The smallest absolute Gasteiger partial charge is 0.226 e. The lowest BCUT2D eigenvalue weighted by Crippen LogP contribution is -2.35. The zero-order chi connectivity index (χ0) is 15.0. The third kappa shape index (κ3) is 2.82. The number of nitrogens with zero attached hydrogens (tertiary/aromatic N) is 1. The molecule has 1 amide bonds. The van der Waals surface area contributed by atoms with E-state index in [0.29, 0.717) is 11.3 Å². The molecule has 1 aromatic carbocycles. The Morgan fingerprint density at radius 3 is 2.81 bits per heavy atom. The van der Waals surface area contributed by atoms with Gasteiger partial charge in [-0.15, -0.1) is 0 Å². The van der Waals surface area contributed by atoms with E-state index in [9.17, 15) is 4.79 Å². The molecule has 1 aromatic rings. The Bertz CT molecular complexity index is 539. The van der Waals surface area contributed by atoms with Crippen molar-refractivity contribution in [1.29, 1.82) is 0 Å². The summed E-state index contributed by atoms with van der Waals surface area (Å²) in [6.07, 6.45) is 3.35. The van der Waals surface area contributed by atoms with Crippen molar-refractivity contribution in [3.8, 4) is 0 Å². The van der Waals surface area contributed by atoms with E-state index in [1.54, 1.807) is 0 Å². The van der Waals surface area contributed by atoms with Crippen LogP contribution in [0.1, 0.15) is 37.8 Å². The fourth-order valence-corrected chi connectivity index (χ4v) is 3.80. The van der Waals surface area contributed by atoms with Gasteiger partial charge in [-0.05, 0) is 62.4 Å². The Hall–Kier alpha value is -1.06. The minimum atomic E-state index is 0.0653. The minimum absolute atomic E-state index is 0.0653. The van der Waals surface area contributed by atoms with Gasteiger partial charge in [-0.1, -0.05) is 23.7 Å². The van der Waals surface area contributed by atoms with Crippen LogP contribution in [0, 0.1) is 11.3 Å². The van der Waals surface area contributed by atoms with E-state index in [2.05, 4.69) is 12.2 Å². The molecule has 1 saturated carbocycles. The molecule has 1 aliphatic carbocycles. The lowest BCUT2D eigenvalue weighted by molar-refractivity contribution is -0.134. The maximum Gasteiger partial charge on any atom is 0.226 e. The standard InChI is InChI=1S/C17H23ClN2O/c1-12(13-4-3-5-14(18)10-13)20(2)16(21)15-11-17(15)6-8-19-9-7-17/h3-5,10,12,15,19H,6-9,11H2,1-2H3. The summed E-state index contributed by atoms with van der Waals surface area (Å²) in [6, 6.07) is 7.86. The van der Waals surface area contributed by atoms with Crippen molar-refractivity contribution in [2.45, 2.75) is 32.2 Å². The molecule has 114 valence electrons. The van der Waals surface area contributed by atoms with Gasteiger partial charge in [0.25, 0.3) is 0 Å². The van der Waals surface area contributed by atoms with E-state index in [0.717, 1.165) is 42.9 Å². The molecular formula is C17H23ClN2O. The molecule has 3 rings (SSSR count). The molecule has 2 aliphatic rings. The molecule has 2 fully saturated rings. The van der Waals surface area contributed by atoms with Gasteiger partial charge in [-0.3, -0.25) is 4.79 Å². The first-order valence-corrected chi connectivity index (χ1v) is 8.14. The highest BCUT2D eigenvalue weighted by Gasteiger charge is 2.58. The van der Waals surface area contributed by atoms with Crippen LogP contribution in [-0.4, -0.2) is 30.9 Å². The van der Waals surface area contributed by atoms with Gasteiger partial charge in [0.15, 0.2) is 0 Å². The summed E-state index contributed by atoms with van der Waals surface area (Å²) in [6.45, 7) is 4.18. The number of amides is 1. The largest absolute Gasteiger partial charge is 0.339 e. The molecule has 1 aliphatic heterocycles. The average Bonchev–Trinajstić information content (AvgIpc) is 3.19. The van der Waals surface area contributed by atoms with Crippen molar-refractivity contribution in [2.75, 3.05) is 20.1 Å². The number of rotatable bonds is 3. The second-order valence-electron chi connectivity index (χ2n) is 6.55. The van der Waals surface area contributed by atoms with Gasteiger partial charge >= 0.3 is 0 Å². The topological polar surface area (TPSA) is 32.3 Å². The Balaban J connectivity index is 1.68. The van der Waals surface area contributed by atoms with Gasteiger partial charge < -0.3 is 10.2 Å². The highest BCUT2D eigenvalue weighted by Crippen LogP contribution is 2.59. The highest BCUT2D eigenvalue weighted by atomic mass is 35.5. The number of piperidine rings is 1. The van der Waals surface area contributed by atoms with E-state index in [4.69, 9.17) is 11.6 Å². The first-order valence-electron chi connectivity index (χ1n) is 7.76. The van der Waals surface area contributed by atoms with Gasteiger partial charge in [0.2, 0.25) is 5.91 Å². The summed E-state index contributed by atoms with van der Waals surface area (Å²) < 4.78 is 0. The summed E-state index contributed by atoms with van der Waals surface area (Å²) in [7, 11) is 1.92. The molecule has 1 N–H and O–H groups in total. The molecule has 0 aromatic heterocycles. The minimum Gasteiger partial charge on any atom is -0.339 e. The fourth-order valence-electron chi connectivity index (χ4n) is 3.60. The fraction of sp³-hybridized carbons (Fsp3) is 0.588. The monoisotopic (exact) mass is 306 g/mol. The molecule has 1 heterocycles. The highest BCUT2D eigenvalue weighted by molar-refractivity contribution is 6.30. The average molecular weight is 307 g/mol. The second-order valence-corrected chi connectivity index (χ2v) is 6.99. The Kier molecular flexibility index (Phi) is 3.98. The molecule has 0 radical (unpaired) electrons. The summed E-state index contributed by atoms with van der Waals surface area (Å²) in [5.41, 5.74) is 1.39. The van der Waals surface area contributed by atoms with Crippen LogP contribution in [0.4, 0.5) is 0 Å². The summed E-state index contributed by atoms with van der Waals surface area (Å²) >= 11 is 6.05. The predicted molar refractivity (Wildman–Crippen MR) is 85.3 cm³/mol. The van der Waals surface area contributed by atoms with E-state index in [1.165, 1.54) is 0 Å². The SMILES string of the molecule is CC(c1cccc(Cl)c1)N(C)C(=O)C1CC12CCNCC2. The first-order chi connectivity index (χ1) is 10.0. The van der Waals surface area contributed by atoms with Crippen molar-refractivity contribution >= 4 is 17.5 Å². The predicted octanol–water partition coefficient (Wildman–Crippen LogP) is 3.25. The van der Waals surface area contributed by atoms with Crippen LogP contribution in [0.5, 0.6) is 0 Å². The Labute approximate surface area is 131 Å². The van der Waals surface area contributed by atoms with Crippen LogP contribution in [0.25, 0.3) is 0 Å². The van der Waals surface area contributed by atoms with Gasteiger partial charge in [0.1, 0.15) is 0 Å². The third-order valence-electron chi connectivity index (χ3n) is 5.35. The van der Waals surface area contributed by atoms with Gasteiger partial charge in [-0.25, -0.2) is 0 Å². The van der Waals surface area contributed by atoms with Gasteiger partial charge in [0.05, 0.1) is 6.04 Å². The van der Waals surface area contributed by atoms with Gasteiger partial charge in [-0.2, -0.15) is 0 Å². The van der Waals surface area contributed by atoms with Crippen molar-refractivity contribution < 1.29 is 4.79 Å². The molecule has 2 unspecified atom stereocenters. The number of carbonyl (C=O) groups is 1. The van der Waals surface area contributed by atoms with Crippen molar-refractivity contribution in [1.82, 2.24) is 10.2 Å². The van der Waals surface area contributed by atoms with Crippen molar-refractivity contribution in [2.24, 2.45) is 11.3 Å². The third-order valence-corrected chi connectivity index (χ3v) is 5.58. The van der Waals surface area contributed by atoms with Crippen molar-refractivity contribution in [3.63, 3.8) is 0 Å². The molecule has 0 bridgehead atoms. The molecule has 3 nitrogen and oxygen atoms in total. The lowest BCUT2D eigenvalue weighted by Gasteiger charge is -2.28. The van der Waals surface area contributed by atoms with E-state index < -0.39 is 0 Å². The lowest BCUT2D eigenvalue weighted by atomic mass is 9.91. The first kappa shape index (κ1) is 14.9. The van der Waals surface area contributed by atoms with Crippen LogP contribution < -0.4 is 5.32 Å². The van der Waals surface area contributed by atoms with Gasteiger partial charge in [0, 0.05) is 18.0 Å². The van der Waals surface area contributed by atoms with Crippen LogP contribution >= 0.6 is 11.6 Å². The maximum absolute atomic E-state index is 12.8. The number of benzene rings is 1.